The third kappa shape index (κ3) is 2.84. The summed E-state index contributed by atoms with van der Waals surface area (Å²) in [7, 11) is 0. The SMILES string of the molecule is Cc1ccc([N+](=O)[O-])cc1-c1nc(C)c(C(C)C)c(=O)[nH]1. The van der Waals surface area contributed by atoms with E-state index >= 15 is 0 Å². The van der Waals surface area contributed by atoms with Gasteiger partial charge in [0.1, 0.15) is 5.82 Å². The number of nitrogens with one attached hydrogen (secondary N) is 1. The molecule has 0 radical (unpaired) electrons. The molecule has 0 bridgehead atoms. The molecule has 6 heteroatoms. The van der Waals surface area contributed by atoms with E-state index in [0.29, 0.717) is 22.6 Å². The standard InChI is InChI=1S/C15H17N3O3/c1-8(2)13-10(4)16-14(17-15(13)19)12-7-11(18(20)21)6-5-9(12)3/h5-8H,1-4H3,(H,16,17,19). The van der Waals surface area contributed by atoms with Crippen molar-refractivity contribution < 1.29 is 4.92 Å². The molecule has 1 heterocycles. The maximum atomic E-state index is 12.2. The molecule has 0 atom stereocenters. The van der Waals surface area contributed by atoms with E-state index < -0.39 is 4.92 Å². The van der Waals surface area contributed by atoms with Crippen LogP contribution in [0.3, 0.4) is 0 Å². The van der Waals surface area contributed by atoms with Crippen LogP contribution in [0.4, 0.5) is 5.69 Å². The van der Waals surface area contributed by atoms with Crippen molar-refractivity contribution in [1.29, 1.82) is 0 Å². The third-order valence-corrected chi connectivity index (χ3v) is 3.41. The number of nitro benzene ring substituents is 1. The van der Waals surface area contributed by atoms with Crippen LogP contribution in [0.5, 0.6) is 0 Å². The number of non-ortho nitro benzene ring substituents is 1. The van der Waals surface area contributed by atoms with Gasteiger partial charge in [-0.1, -0.05) is 19.9 Å². The van der Waals surface area contributed by atoms with E-state index in [9.17, 15) is 14.9 Å². The minimum Gasteiger partial charge on any atom is -0.306 e. The Balaban J connectivity index is 2.65. The van der Waals surface area contributed by atoms with Gasteiger partial charge in [-0.3, -0.25) is 14.9 Å². The van der Waals surface area contributed by atoms with E-state index in [-0.39, 0.29) is 17.2 Å². The van der Waals surface area contributed by atoms with Gasteiger partial charge in [-0.2, -0.15) is 0 Å². The lowest BCUT2D eigenvalue weighted by Crippen LogP contribution is -2.18. The Labute approximate surface area is 122 Å². The van der Waals surface area contributed by atoms with Crippen LogP contribution in [-0.4, -0.2) is 14.9 Å². The second-order valence-electron chi connectivity index (χ2n) is 5.32. The van der Waals surface area contributed by atoms with Crippen molar-refractivity contribution in [2.75, 3.05) is 0 Å². The molecule has 0 aliphatic heterocycles. The first-order valence-corrected chi connectivity index (χ1v) is 6.67. The Morgan fingerprint density at radius 1 is 1.29 bits per heavy atom. The molecule has 0 saturated heterocycles. The van der Waals surface area contributed by atoms with Gasteiger partial charge in [-0.15, -0.1) is 0 Å². The van der Waals surface area contributed by atoms with Crippen LogP contribution in [0.2, 0.25) is 0 Å². The minimum absolute atomic E-state index is 0.0242. The van der Waals surface area contributed by atoms with Crippen molar-refractivity contribution in [3.8, 4) is 11.4 Å². The molecule has 2 aromatic rings. The maximum absolute atomic E-state index is 12.2. The molecule has 0 spiro atoms. The first-order chi connectivity index (χ1) is 9.81. The largest absolute Gasteiger partial charge is 0.306 e. The van der Waals surface area contributed by atoms with Gasteiger partial charge >= 0.3 is 0 Å². The fraction of sp³-hybridized carbons (Fsp3) is 0.333. The van der Waals surface area contributed by atoms with Gasteiger partial charge in [0.25, 0.3) is 11.2 Å². The molecular formula is C15H17N3O3. The lowest BCUT2D eigenvalue weighted by molar-refractivity contribution is -0.384. The highest BCUT2D eigenvalue weighted by atomic mass is 16.6. The average Bonchev–Trinajstić information content (AvgIpc) is 2.37. The number of nitrogens with zero attached hydrogens (tertiary/aromatic N) is 2. The van der Waals surface area contributed by atoms with Crippen molar-refractivity contribution in [2.24, 2.45) is 0 Å². The van der Waals surface area contributed by atoms with Crippen LogP contribution in [0.1, 0.15) is 36.6 Å². The van der Waals surface area contributed by atoms with E-state index in [1.165, 1.54) is 12.1 Å². The van der Waals surface area contributed by atoms with Crippen LogP contribution < -0.4 is 5.56 Å². The zero-order valence-electron chi connectivity index (χ0n) is 12.4. The highest BCUT2D eigenvalue weighted by molar-refractivity contribution is 5.63. The minimum atomic E-state index is -0.462. The number of hydrogen-bond acceptors (Lipinski definition) is 4. The number of aromatic nitrogens is 2. The van der Waals surface area contributed by atoms with Gasteiger partial charge < -0.3 is 4.98 Å². The summed E-state index contributed by atoms with van der Waals surface area (Å²) in [5.41, 5.74) is 2.46. The Bertz CT molecular complexity index is 763. The van der Waals surface area contributed by atoms with E-state index in [2.05, 4.69) is 9.97 Å². The predicted octanol–water partition coefficient (Wildman–Crippen LogP) is 3.09. The Kier molecular flexibility index (Phi) is 3.88. The molecule has 0 aliphatic carbocycles. The molecule has 21 heavy (non-hydrogen) atoms. The van der Waals surface area contributed by atoms with Gasteiger partial charge in [-0.25, -0.2) is 4.98 Å². The summed E-state index contributed by atoms with van der Waals surface area (Å²) < 4.78 is 0. The number of rotatable bonds is 3. The highest BCUT2D eigenvalue weighted by Crippen LogP contribution is 2.25. The summed E-state index contributed by atoms with van der Waals surface area (Å²) in [4.78, 5) is 29.7. The molecule has 0 saturated carbocycles. The number of nitro groups is 1. The third-order valence-electron chi connectivity index (χ3n) is 3.41. The topological polar surface area (TPSA) is 88.9 Å². The number of benzene rings is 1. The molecule has 6 nitrogen and oxygen atoms in total. The van der Waals surface area contributed by atoms with Gasteiger partial charge in [0.05, 0.1) is 4.92 Å². The fourth-order valence-corrected chi connectivity index (χ4v) is 2.38. The van der Waals surface area contributed by atoms with Crippen molar-refractivity contribution in [3.05, 3.63) is 55.5 Å². The molecule has 1 aromatic heterocycles. The lowest BCUT2D eigenvalue weighted by Gasteiger charge is -2.11. The smallest absolute Gasteiger partial charge is 0.270 e. The molecule has 0 unspecified atom stereocenters. The Morgan fingerprint density at radius 2 is 1.95 bits per heavy atom. The van der Waals surface area contributed by atoms with Crippen molar-refractivity contribution in [3.63, 3.8) is 0 Å². The summed E-state index contributed by atoms with van der Waals surface area (Å²) in [5.74, 6) is 0.435. The van der Waals surface area contributed by atoms with Gasteiger partial charge in [0.15, 0.2) is 0 Å². The normalized spacial score (nSPS) is 10.9. The van der Waals surface area contributed by atoms with Gasteiger partial charge in [0, 0.05) is 29.0 Å². The maximum Gasteiger partial charge on any atom is 0.270 e. The molecule has 0 amide bonds. The number of aryl methyl sites for hydroxylation is 2. The molecule has 0 fully saturated rings. The molecular weight excluding hydrogens is 270 g/mol. The summed E-state index contributed by atoms with van der Waals surface area (Å²) in [6, 6.07) is 4.52. The second kappa shape index (κ2) is 5.47. The molecule has 1 aromatic carbocycles. The van der Waals surface area contributed by atoms with Crippen molar-refractivity contribution in [1.82, 2.24) is 9.97 Å². The van der Waals surface area contributed by atoms with Crippen molar-refractivity contribution in [2.45, 2.75) is 33.6 Å². The summed E-state index contributed by atoms with van der Waals surface area (Å²) >= 11 is 0. The molecule has 110 valence electrons. The van der Waals surface area contributed by atoms with Crippen LogP contribution >= 0.6 is 0 Å². The zero-order valence-corrected chi connectivity index (χ0v) is 12.4. The molecule has 2 rings (SSSR count). The van der Waals surface area contributed by atoms with Crippen LogP contribution in [-0.2, 0) is 0 Å². The van der Waals surface area contributed by atoms with E-state index in [1.807, 2.05) is 20.8 Å². The van der Waals surface area contributed by atoms with Crippen LogP contribution in [0, 0.1) is 24.0 Å². The number of aromatic amines is 1. The summed E-state index contributed by atoms with van der Waals surface area (Å²) in [5, 5.41) is 10.9. The zero-order chi connectivity index (χ0) is 15.7. The molecule has 0 aliphatic rings. The Hall–Kier alpha value is -2.50. The van der Waals surface area contributed by atoms with Crippen LogP contribution in [0.15, 0.2) is 23.0 Å². The van der Waals surface area contributed by atoms with Crippen molar-refractivity contribution >= 4 is 5.69 Å². The summed E-state index contributed by atoms with van der Waals surface area (Å²) in [6.07, 6.45) is 0. The average molecular weight is 287 g/mol. The van der Waals surface area contributed by atoms with Crippen LogP contribution in [0.25, 0.3) is 11.4 Å². The van der Waals surface area contributed by atoms with E-state index in [0.717, 1.165) is 5.56 Å². The predicted molar refractivity (Wildman–Crippen MR) is 80.5 cm³/mol. The quantitative estimate of drug-likeness (QED) is 0.694. The lowest BCUT2D eigenvalue weighted by atomic mass is 10.0. The monoisotopic (exact) mass is 287 g/mol. The number of H-pyrrole nitrogens is 1. The van der Waals surface area contributed by atoms with E-state index in [4.69, 9.17) is 0 Å². The first kappa shape index (κ1) is 14.9. The second-order valence-corrected chi connectivity index (χ2v) is 5.32. The molecule has 1 N–H and O–H groups in total. The highest BCUT2D eigenvalue weighted by Gasteiger charge is 2.16. The number of hydrogen-bond donors (Lipinski definition) is 1. The van der Waals surface area contributed by atoms with Gasteiger partial charge in [0.2, 0.25) is 0 Å². The Morgan fingerprint density at radius 3 is 2.48 bits per heavy atom. The van der Waals surface area contributed by atoms with Gasteiger partial charge in [-0.05, 0) is 25.3 Å². The first-order valence-electron chi connectivity index (χ1n) is 6.67. The fourth-order valence-electron chi connectivity index (χ4n) is 2.38. The summed E-state index contributed by atoms with van der Waals surface area (Å²) in [6.45, 7) is 7.46. The van der Waals surface area contributed by atoms with E-state index in [1.54, 1.807) is 13.0 Å².